The van der Waals surface area contributed by atoms with Gasteiger partial charge in [0, 0.05) is 54.0 Å². The number of carbonyl (C=O) groups is 1. The molecule has 1 aliphatic heterocycles. The number of anilines is 1. The van der Waals surface area contributed by atoms with E-state index in [4.69, 9.17) is 10.5 Å². The minimum Gasteiger partial charge on any atom is -0.496 e. The summed E-state index contributed by atoms with van der Waals surface area (Å²) in [5.74, 6) is -0.435. The molecule has 4 rings (SSSR count). The molecule has 1 saturated heterocycles. The molecule has 1 aromatic heterocycles. The first kappa shape index (κ1) is 24.9. The molecule has 3 aromatic rings. The van der Waals surface area contributed by atoms with Crippen molar-refractivity contribution in [3.8, 4) is 5.75 Å². The molecule has 1 atom stereocenters. The summed E-state index contributed by atoms with van der Waals surface area (Å²) in [4.78, 5) is 18.2. The van der Waals surface area contributed by atoms with Crippen LogP contribution >= 0.6 is 0 Å². The lowest BCUT2D eigenvalue weighted by molar-refractivity contribution is -0.146. The molecule has 1 fully saturated rings. The van der Waals surface area contributed by atoms with Crippen LogP contribution in [0.5, 0.6) is 5.75 Å². The molecular weight excluding hydrogens is 461 g/mol. The number of aromatic amines is 1. The zero-order valence-corrected chi connectivity index (χ0v) is 19.7. The topological polar surface area (TPSA) is 94.8 Å². The highest BCUT2D eigenvalue weighted by Gasteiger charge is 2.35. The summed E-state index contributed by atoms with van der Waals surface area (Å²) in [6, 6.07) is 8.13. The predicted octanol–water partition coefficient (Wildman–Crippen LogP) is 4.58. The smallest absolute Gasteiger partial charge is 0.401 e. The maximum Gasteiger partial charge on any atom is 0.401 e. The Labute approximate surface area is 201 Å². The maximum absolute atomic E-state index is 13.3. The third-order valence-corrected chi connectivity index (χ3v) is 6.58. The number of halogens is 3. The van der Waals surface area contributed by atoms with Gasteiger partial charge in [-0.05, 0) is 55.3 Å². The van der Waals surface area contributed by atoms with Gasteiger partial charge in [-0.15, -0.1) is 0 Å². The third-order valence-electron chi connectivity index (χ3n) is 6.58. The number of alkyl halides is 3. The van der Waals surface area contributed by atoms with Crippen LogP contribution in [0.1, 0.15) is 39.5 Å². The van der Waals surface area contributed by atoms with E-state index in [9.17, 15) is 23.1 Å². The number of methoxy groups -OCH3 is 1. The highest BCUT2D eigenvalue weighted by molar-refractivity contribution is 5.93. The van der Waals surface area contributed by atoms with E-state index in [0.717, 1.165) is 22.0 Å². The van der Waals surface area contributed by atoms with Crippen LogP contribution in [0.25, 0.3) is 10.9 Å². The van der Waals surface area contributed by atoms with Crippen LogP contribution in [0.15, 0.2) is 36.5 Å². The number of hydrogen-bond acceptors (Lipinski definition) is 5. The Morgan fingerprint density at radius 2 is 2.03 bits per heavy atom. The Morgan fingerprint density at radius 3 is 2.69 bits per heavy atom. The first-order valence-corrected chi connectivity index (χ1v) is 11.4. The Balaban J connectivity index is 1.75. The predicted molar refractivity (Wildman–Crippen MR) is 128 cm³/mol. The van der Waals surface area contributed by atoms with Crippen molar-refractivity contribution in [2.75, 3.05) is 39.0 Å². The summed E-state index contributed by atoms with van der Waals surface area (Å²) in [6.07, 6.45) is -1.90. The summed E-state index contributed by atoms with van der Waals surface area (Å²) in [5.41, 5.74) is 9.70. The molecular formula is C25H29F3N4O3. The van der Waals surface area contributed by atoms with E-state index in [2.05, 4.69) is 9.88 Å². The molecule has 2 heterocycles. The number of hydrogen-bond donors (Lipinski definition) is 3. The Hall–Kier alpha value is -3.24. The van der Waals surface area contributed by atoms with Gasteiger partial charge in [0.1, 0.15) is 5.75 Å². The average molecular weight is 491 g/mol. The quantitative estimate of drug-likeness (QED) is 0.438. The zero-order valence-electron chi connectivity index (χ0n) is 19.7. The lowest BCUT2D eigenvalue weighted by Gasteiger charge is -2.33. The SMILES string of the molecule is COc1cc(C)c2[nH]ccc2c1CN1CCCN(CC(F)(F)F)CC1c1ccc(C(=O)O)c(N)c1. The number of nitrogens with two attached hydrogens (primary N) is 1. The van der Waals surface area contributed by atoms with E-state index < -0.39 is 24.7 Å². The van der Waals surface area contributed by atoms with Gasteiger partial charge >= 0.3 is 12.1 Å². The van der Waals surface area contributed by atoms with Crippen molar-refractivity contribution in [2.45, 2.75) is 32.1 Å². The highest BCUT2D eigenvalue weighted by Crippen LogP contribution is 2.36. The number of nitrogens with one attached hydrogen (secondary N) is 1. The summed E-state index contributed by atoms with van der Waals surface area (Å²) in [7, 11) is 1.60. The van der Waals surface area contributed by atoms with Crippen LogP contribution in [0, 0.1) is 6.92 Å². The first-order chi connectivity index (χ1) is 16.6. The minimum atomic E-state index is -4.32. The van der Waals surface area contributed by atoms with Gasteiger partial charge in [0.05, 0.1) is 19.2 Å². The van der Waals surface area contributed by atoms with Gasteiger partial charge in [-0.25, -0.2) is 4.79 Å². The average Bonchev–Trinajstić information content (AvgIpc) is 3.19. The summed E-state index contributed by atoms with van der Waals surface area (Å²) in [5, 5.41) is 10.3. The second-order valence-corrected chi connectivity index (χ2v) is 8.98. The van der Waals surface area contributed by atoms with Crippen molar-refractivity contribution in [2.24, 2.45) is 0 Å². The van der Waals surface area contributed by atoms with Crippen LogP contribution in [-0.4, -0.2) is 65.3 Å². The Morgan fingerprint density at radius 1 is 1.26 bits per heavy atom. The van der Waals surface area contributed by atoms with E-state index >= 15 is 0 Å². The second-order valence-electron chi connectivity index (χ2n) is 8.98. The fourth-order valence-electron chi connectivity index (χ4n) is 4.97. The molecule has 7 nitrogen and oxygen atoms in total. The zero-order chi connectivity index (χ0) is 25.3. The largest absolute Gasteiger partial charge is 0.496 e. The van der Waals surface area contributed by atoms with Crippen LogP contribution in [0.4, 0.5) is 18.9 Å². The molecule has 1 unspecified atom stereocenters. The molecule has 0 spiro atoms. The van der Waals surface area contributed by atoms with E-state index in [1.165, 1.54) is 11.0 Å². The molecule has 0 aliphatic carbocycles. The van der Waals surface area contributed by atoms with Gasteiger partial charge in [-0.2, -0.15) is 13.2 Å². The fourth-order valence-corrected chi connectivity index (χ4v) is 4.97. The standard InChI is InChI=1S/C25H29F3N4O3/c1-15-10-22(35-2)19(17-6-7-30-23(15)17)12-32-9-3-8-31(14-25(26,27)28)13-21(32)16-4-5-18(24(33)34)20(29)11-16/h4-7,10-11,21,30H,3,8-9,12-14,29H2,1-2H3,(H,33,34). The molecule has 4 N–H and O–H groups in total. The number of benzene rings is 2. The number of ether oxygens (including phenoxy) is 1. The van der Waals surface area contributed by atoms with Crippen LogP contribution < -0.4 is 10.5 Å². The normalized spacial score (nSPS) is 18.0. The molecule has 2 aromatic carbocycles. The second kappa shape index (κ2) is 9.79. The minimum absolute atomic E-state index is 0.0321. The van der Waals surface area contributed by atoms with Crippen molar-refractivity contribution in [3.63, 3.8) is 0 Å². The van der Waals surface area contributed by atoms with E-state index in [1.807, 2.05) is 25.3 Å². The van der Waals surface area contributed by atoms with E-state index in [-0.39, 0.29) is 17.8 Å². The molecule has 0 bridgehead atoms. The number of aromatic carboxylic acids is 1. The summed E-state index contributed by atoms with van der Waals surface area (Å²) in [6.45, 7) is 2.43. The maximum atomic E-state index is 13.3. The summed E-state index contributed by atoms with van der Waals surface area (Å²) < 4.78 is 45.5. The molecule has 188 valence electrons. The van der Waals surface area contributed by atoms with Crippen molar-refractivity contribution in [3.05, 3.63) is 58.8 Å². The number of carboxylic acid groups (broad SMARTS) is 1. The molecule has 35 heavy (non-hydrogen) atoms. The number of aryl methyl sites for hydroxylation is 1. The number of aromatic nitrogens is 1. The van der Waals surface area contributed by atoms with Gasteiger partial charge in [-0.3, -0.25) is 9.80 Å². The van der Waals surface area contributed by atoms with Crippen LogP contribution in [-0.2, 0) is 6.54 Å². The molecule has 0 radical (unpaired) electrons. The van der Waals surface area contributed by atoms with Crippen molar-refractivity contribution < 1.29 is 27.8 Å². The Bertz CT molecular complexity index is 1220. The van der Waals surface area contributed by atoms with E-state index in [0.29, 0.717) is 37.4 Å². The highest BCUT2D eigenvalue weighted by atomic mass is 19.4. The third kappa shape index (κ3) is 5.38. The number of rotatable bonds is 6. The number of nitrogen functional groups attached to an aromatic ring is 1. The molecule has 1 aliphatic rings. The van der Waals surface area contributed by atoms with Gasteiger partial charge in [0.25, 0.3) is 0 Å². The van der Waals surface area contributed by atoms with Gasteiger partial charge < -0.3 is 20.6 Å². The lowest BCUT2D eigenvalue weighted by atomic mass is 9.99. The van der Waals surface area contributed by atoms with Gasteiger partial charge in [0.2, 0.25) is 0 Å². The fraction of sp³-hybridized carbons (Fsp3) is 0.400. The number of carboxylic acids is 1. The van der Waals surface area contributed by atoms with Gasteiger partial charge in [-0.1, -0.05) is 6.07 Å². The van der Waals surface area contributed by atoms with Crippen molar-refractivity contribution in [1.82, 2.24) is 14.8 Å². The monoisotopic (exact) mass is 490 g/mol. The van der Waals surface area contributed by atoms with E-state index in [1.54, 1.807) is 19.2 Å². The van der Waals surface area contributed by atoms with Crippen molar-refractivity contribution in [1.29, 1.82) is 0 Å². The summed E-state index contributed by atoms with van der Waals surface area (Å²) >= 11 is 0. The number of fused-ring (bicyclic) bond motifs is 1. The van der Waals surface area contributed by atoms with Crippen molar-refractivity contribution >= 4 is 22.6 Å². The van der Waals surface area contributed by atoms with Crippen LogP contribution in [0.3, 0.4) is 0 Å². The first-order valence-electron chi connectivity index (χ1n) is 11.4. The Kier molecular flexibility index (Phi) is 6.95. The number of nitrogens with zero attached hydrogens (tertiary/aromatic N) is 2. The number of H-pyrrole nitrogens is 1. The van der Waals surface area contributed by atoms with Gasteiger partial charge in [0.15, 0.2) is 0 Å². The molecule has 0 saturated carbocycles. The van der Waals surface area contributed by atoms with Crippen LogP contribution in [0.2, 0.25) is 0 Å². The lowest BCUT2D eigenvalue weighted by Crippen LogP contribution is -2.39. The molecule has 0 amide bonds. The molecule has 10 heteroatoms.